The fourth-order valence-corrected chi connectivity index (χ4v) is 4.85. The summed E-state index contributed by atoms with van der Waals surface area (Å²) in [6.45, 7) is 0. The van der Waals surface area contributed by atoms with E-state index in [-0.39, 0.29) is 30.5 Å². The second-order valence-electron chi connectivity index (χ2n) is 7.46. The molecule has 0 aromatic heterocycles. The molecule has 0 radical (unpaired) electrons. The van der Waals surface area contributed by atoms with E-state index in [4.69, 9.17) is 28.5 Å². The molecule has 3 atom stereocenters. The second-order valence-corrected chi connectivity index (χ2v) is 8.27. The van der Waals surface area contributed by atoms with E-state index in [1.807, 2.05) is 23.1 Å². The van der Waals surface area contributed by atoms with E-state index < -0.39 is 0 Å². The van der Waals surface area contributed by atoms with Crippen LogP contribution in [0, 0.1) is 22.8 Å². The fraction of sp³-hybridized carbons (Fsp3) is 0.318. The molecule has 2 aromatic carbocycles. The van der Waals surface area contributed by atoms with Gasteiger partial charge in [-0.1, -0.05) is 35.3 Å². The Kier molecular flexibility index (Phi) is 5.37. The lowest BCUT2D eigenvalue weighted by atomic mass is 9.95. The average molecular weight is 425 g/mol. The lowest BCUT2D eigenvalue weighted by Crippen LogP contribution is -2.43. The molecule has 0 saturated carbocycles. The standard InChI is InChI=1S/C22H18Cl2N4O/c23-18-5-2-13(9-15(18)7-8-25)14-1-4-17(19(24)10-14)22(29)27-20-11-16-3-6-21(20)28(16)12-26/h1-2,4-5,9-10,16,20-21H,3,6-7,11H2,(H,27,29)/t16-,20+,21+/m0/s1. The number of nitrogens with zero attached hydrogens (tertiary/aromatic N) is 3. The number of halogens is 2. The van der Waals surface area contributed by atoms with Gasteiger partial charge in [-0.3, -0.25) is 4.79 Å². The molecule has 2 saturated heterocycles. The summed E-state index contributed by atoms with van der Waals surface area (Å²) in [6.07, 6.45) is 5.21. The Balaban J connectivity index is 1.52. The Morgan fingerprint density at radius 1 is 1.10 bits per heavy atom. The number of fused-ring (bicyclic) bond motifs is 2. The highest BCUT2D eigenvalue weighted by Crippen LogP contribution is 2.37. The molecule has 2 bridgehead atoms. The molecule has 0 aliphatic carbocycles. The van der Waals surface area contributed by atoms with Crippen molar-refractivity contribution < 1.29 is 4.79 Å². The summed E-state index contributed by atoms with van der Waals surface area (Å²) < 4.78 is 0. The van der Waals surface area contributed by atoms with Crippen molar-refractivity contribution in [2.24, 2.45) is 0 Å². The molecule has 0 unspecified atom stereocenters. The van der Waals surface area contributed by atoms with E-state index in [0.29, 0.717) is 15.6 Å². The maximum atomic E-state index is 12.8. The smallest absolute Gasteiger partial charge is 0.253 e. The highest BCUT2D eigenvalue weighted by atomic mass is 35.5. The topological polar surface area (TPSA) is 79.9 Å². The molecule has 2 aliphatic rings. The van der Waals surface area contributed by atoms with Crippen molar-refractivity contribution >= 4 is 29.1 Å². The molecule has 2 heterocycles. The Hall–Kier alpha value is -2.73. The van der Waals surface area contributed by atoms with Crippen LogP contribution in [-0.4, -0.2) is 28.9 Å². The highest BCUT2D eigenvalue weighted by molar-refractivity contribution is 6.34. The number of hydrogen-bond acceptors (Lipinski definition) is 4. The lowest BCUT2D eigenvalue weighted by Gasteiger charge is -2.22. The van der Waals surface area contributed by atoms with Gasteiger partial charge in [0, 0.05) is 11.1 Å². The van der Waals surface area contributed by atoms with E-state index >= 15 is 0 Å². The van der Waals surface area contributed by atoms with Crippen molar-refractivity contribution in [3.05, 3.63) is 57.6 Å². The third kappa shape index (κ3) is 3.65. The molecular weight excluding hydrogens is 407 g/mol. The molecule has 5 nitrogen and oxygen atoms in total. The van der Waals surface area contributed by atoms with Gasteiger partial charge >= 0.3 is 0 Å². The van der Waals surface area contributed by atoms with Crippen LogP contribution in [0.1, 0.15) is 35.2 Å². The van der Waals surface area contributed by atoms with Crippen molar-refractivity contribution in [3.63, 3.8) is 0 Å². The molecule has 2 aromatic rings. The summed E-state index contributed by atoms with van der Waals surface area (Å²) in [7, 11) is 0. The molecule has 4 rings (SSSR count). The van der Waals surface area contributed by atoms with E-state index in [2.05, 4.69) is 17.6 Å². The predicted molar refractivity (Wildman–Crippen MR) is 111 cm³/mol. The van der Waals surface area contributed by atoms with Gasteiger partial charge in [0.15, 0.2) is 6.19 Å². The number of amides is 1. The number of carbonyl (C=O) groups is 1. The minimum Gasteiger partial charge on any atom is -0.347 e. The Morgan fingerprint density at radius 3 is 2.55 bits per heavy atom. The van der Waals surface area contributed by atoms with Gasteiger partial charge in [0.05, 0.1) is 35.2 Å². The van der Waals surface area contributed by atoms with Crippen molar-refractivity contribution in [1.82, 2.24) is 10.2 Å². The molecular formula is C22H18Cl2N4O. The second kappa shape index (κ2) is 7.95. The summed E-state index contributed by atoms with van der Waals surface area (Å²) in [4.78, 5) is 14.6. The normalized spacial score (nSPS) is 22.2. The highest BCUT2D eigenvalue weighted by Gasteiger charge is 2.46. The minimum atomic E-state index is -0.224. The van der Waals surface area contributed by atoms with E-state index in [9.17, 15) is 10.1 Å². The number of rotatable bonds is 4. The van der Waals surface area contributed by atoms with Gasteiger partial charge in [-0.2, -0.15) is 10.5 Å². The van der Waals surface area contributed by atoms with Crippen LogP contribution in [-0.2, 0) is 6.42 Å². The molecule has 2 aliphatic heterocycles. The minimum absolute atomic E-state index is 0.0264. The fourth-order valence-electron chi connectivity index (χ4n) is 4.40. The van der Waals surface area contributed by atoms with Gasteiger partial charge in [0.25, 0.3) is 5.91 Å². The van der Waals surface area contributed by atoms with E-state index in [1.165, 1.54) is 0 Å². The zero-order chi connectivity index (χ0) is 20.5. The first-order valence-electron chi connectivity index (χ1n) is 9.46. The molecule has 7 heteroatoms. The first-order valence-corrected chi connectivity index (χ1v) is 10.2. The zero-order valence-electron chi connectivity index (χ0n) is 15.5. The lowest BCUT2D eigenvalue weighted by molar-refractivity contribution is 0.0928. The number of nitrogens with one attached hydrogen (secondary N) is 1. The molecule has 1 amide bonds. The Morgan fingerprint density at radius 2 is 1.86 bits per heavy atom. The van der Waals surface area contributed by atoms with Gasteiger partial charge in [-0.15, -0.1) is 0 Å². The van der Waals surface area contributed by atoms with Gasteiger partial charge in [-0.25, -0.2) is 0 Å². The van der Waals surface area contributed by atoms with Crippen molar-refractivity contribution in [3.8, 4) is 23.4 Å². The summed E-state index contributed by atoms with van der Waals surface area (Å²) in [5.41, 5.74) is 2.89. The maximum Gasteiger partial charge on any atom is 0.253 e. The molecule has 1 N–H and O–H groups in total. The third-order valence-electron chi connectivity index (χ3n) is 5.83. The van der Waals surface area contributed by atoms with Crippen molar-refractivity contribution in [2.45, 2.75) is 43.8 Å². The average Bonchev–Trinajstić information content (AvgIpc) is 3.26. The van der Waals surface area contributed by atoms with Crippen molar-refractivity contribution in [2.75, 3.05) is 0 Å². The molecule has 146 valence electrons. The van der Waals surface area contributed by atoms with Crippen LogP contribution in [0.3, 0.4) is 0 Å². The third-order valence-corrected chi connectivity index (χ3v) is 6.51. The number of nitriles is 2. The van der Waals surface area contributed by atoms with Gasteiger partial charge < -0.3 is 10.2 Å². The van der Waals surface area contributed by atoms with Gasteiger partial charge in [0.2, 0.25) is 0 Å². The molecule has 29 heavy (non-hydrogen) atoms. The van der Waals surface area contributed by atoms with Crippen LogP contribution < -0.4 is 5.32 Å². The quantitative estimate of drug-likeness (QED) is 0.730. The molecule has 2 fully saturated rings. The SMILES string of the molecule is N#CCc1cc(-c2ccc(C(=O)N[C@@H]3C[C@@H]4CC[C@H]3N4C#N)c(Cl)c2)ccc1Cl. The summed E-state index contributed by atoms with van der Waals surface area (Å²) >= 11 is 12.6. The van der Waals surface area contributed by atoms with Crippen LogP contribution in [0.4, 0.5) is 0 Å². The van der Waals surface area contributed by atoms with Gasteiger partial charge in [0.1, 0.15) is 0 Å². The van der Waals surface area contributed by atoms with Crippen molar-refractivity contribution in [1.29, 1.82) is 10.5 Å². The first kappa shape index (κ1) is 19.6. The van der Waals surface area contributed by atoms with Crippen LogP contribution in [0.2, 0.25) is 10.0 Å². The maximum absolute atomic E-state index is 12.8. The number of carbonyl (C=O) groups excluding carboxylic acids is 1. The van der Waals surface area contributed by atoms with Crippen LogP contribution in [0.15, 0.2) is 36.4 Å². The van der Waals surface area contributed by atoms with E-state index in [1.54, 1.807) is 18.2 Å². The summed E-state index contributed by atoms with van der Waals surface area (Å²) in [5, 5.41) is 22.2. The van der Waals surface area contributed by atoms with Crippen LogP contribution in [0.25, 0.3) is 11.1 Å². The Labute approximate surface area is 179 Å². The number of benzene rings is 2. The van der Waals surface area contributed by atoms with E-state index in [0.717, 1.165) is 36.0 Å². The summed E-state index contributed by atoms with van der Waals surface area (Å²) in [6, 6.07) is 13.2. The Bertz CT molecular complexity index is 1060. The molecule has 0 spiro atoms. The number of hydrogen-bond donors (Lipinski definition) is 1. The zero-order valence-corrected chi connectivity index (χ0v) is 17.0. The predicted octanol–water partition coefficient (Wildman–Crippen LogP) is 4.54. The van der Waals surface area contributed by atoms with Crippen LogP contribution >= 0.6 is 23.2 Å². The first-order chi connectivity index (χ1) is 14.0. The van der Waals surface area contributed by atoms with Crippen LogP contribution in [0.5, 0.6) is 0 Å². The monoisotopic (exact) mass is 424 g/mol. The van der Waals surface area contributed by atoms with Gasteiger partial charge in [-0.05, 0) is 60.2 Å². The summed E-state index contributed by atoms with van der Waals surface area (Å²) in [5.74, 6) is -0.224. The largest absolute Gasteiger partial charge is 0.347 e.